The summed E-state index contributed by atoms with van der Waals surface area (Å²) in [5.74, 6) is -1.54. The molecule has 1 aromatic carbocycles. The Kier molecular flexibility index (Phi) is 11.5. The first-order valence-corrected chi connectivity index (χ1v) is 18.3. The van der Waals surface area contributed by atoms with E-state index < -0.39 is 36.0 Å². The van der Waals surface area contributed by atoms with Crippen LogP contribution in [0.3, 0.4) is 0 Å². The van der Waals surface area contributed by atoms with Crippen LogP contribution in [-0.2, 0) is 28.6 Å². The molecule has 12 heteroatoms. The first kappa shape index (κ1) is 34.2. The standard InChI is InChI=1S/C29H42FN3O6SSi/c1-19(2)26-24(15-14-22(34)16-23(17-25(35)38-6)39-41(8,9)29(3,4)5)27(20-10-12-21(30)13-11-20)33-28(32-26)31-18-40(7,36)37/h10-15,19,23H,16-18H2,1-9H3,(H,31,32,33). The molecule has 1 heterocycles. The Labute approximate surface area is 244 Å². The predicted molar refractivity (Wildman–Crippen MR) is 162 cm³/mol. The third kappa shape index (κ3) is 10.4. The molecule has 0 fully saturated rings. The van der Waals surface area contributed by atoms with E-state index in [4.69, 9.17) is 9.16 Å². The zero-order valence-electron chi connectivity index (χ0n) is 25.4. The maximum absolute atomic E-state index is 13.7. The van der Waals surface area contributed by atoms with Crippen LogP contribution in [0.1, 0.15) is 64.6 Å². The highest BCUT2D eigenvalue weighted by atomic mass is 32.2. The summed E-state index contributed by atoms with van der Waals surface area (Å²) < 4.78 is 48.4. The summed E-state index contributed by atoms with van der Waals surface area (Å²) in [5.41, 5.74) is 2.09. The summed E-state index contributed by atoms with van der Waals surface area (Å²) in [6.45, 7) is 14.2. The van der Waals surface area contributed by atoms with Gasteiger partial charge >= 0.3 is 5.97 Å². The predicted octanol–water partition coefficient (Wildman–Crippen LogP) is 5.75. The van der Waals surface area contributed by atoms with E-state index in [1.165, 1.54) is 25.3 Å². The van der Waals surface area contributed by atoms with E-state index >= 15 is 0 Å². The van der Waals surface area contributed by atoms with Crippen LogP contribution in [0.2, 0.25) is 18.1 Å². The number of hydrogen-bond acceptors (Lipinski definition) is 9. The molecular weight excluding hydrogens is 565 g/mol. The number of aromatic nitrogens is 2. The Bertz CT molecular complexity index is 1370. The molecule has 0 saturated heterocycles. The lowest BCUT2D eigenvalue weighted by atomic mass is 9.97. The second-order valence-electron chi connectivity index (χ2n) is 11.9. The Morgan fingerprint density at radius 3 is 2.22 bits per heavy atom. The average molecular weight is 608 g/mol. The molecule has 1 aromatic heterocycles. The van der Waals surface area contributed by atoms with Crippen molar-refractivity contribution in [1.29, 1.82) is 0 Å². The number of anilines is 1. The largest absolute Gasteiger partial charge is 0.469 e. The number of allylic oxidation sites excluding steroid dienone is 1. The van der Waals surface area contributed by atoms with Crippen LogP contribution >= 0.6 is 0 Å². The minimum absolute atomic E-state index is 0.0319. The third-order valence-corrected chi connectivity index (χ3v) is 12.1. The first-order chi connectivity index (χ1) is 18.8. The Morgan fingerprint density at radius 1 is 1.10 bits per heavy atom. The summed E-state index contributed by atoms with van der Waals surface area (Å²) in [7, 11) is -4.35. The van der Waals surface area contributed by atoms with Crippen LogP contribution in [0.15, 0.2) is 30.3 Å². The van der Waals surface area contributed by atoms with Gasteiger partial charge in [0.1, 0.15) is 11.7 Å². The fourth-order valence-electron chi connectivity index (χ4n) is 3.68. The number of esters is 1. The van der Waals surface area contributed by atoms with Crippen molar-refractivity contribution in [3.05, 3.63) is 47.4 Å². The van der Waals surface area contributed by atoms with E-state index in [0.29, 0.717) is 22.5 Å². The number of ether oxygens (including phenoxy) is 1. The average Bonchev–Trinajstić information content (AvgIpc) is 2.84. The van der Waals surface area contributed by atoms with Gasteiger partial charge in [-0.3, -0.25) is 9.59 Å². The van der Waals surface area contributed by atoms with E-state index in [1.54, 1.807) is 18.2 Å². The van der Waals surface area contributed by atoms with Gasteiger partial charge in [-0.25, -0.2) is 22.8 Å². The van der Waals surface area contributed by atoms with Gasteiger partial charge in [-0.05, 0) is 60.5 Å². The quantitative estimate of drug-likeness (QED) is 0.172. The van der Waals surface area contributed by atoms with E-state index in [-0.39, 0.29) is 41.4 Å². The number of benzene rings is 1. The fourth-order valence-corrected chi connectivity index (χ4v) is 5.43. The smallest absolute Gasteiger partial charge is 0.308 e. The topological polar surface area (TPSA) is 125 Å². The second kappa shape index (κ2) is 13.8. The van der Waals surface area contributed by atoms with E-state index in [0.717, 1.165) is 6.26 Å². The lowest BCUT2D eigenvalue weighted by Gasteiger charge is -2.39. The summed E-state index contributed by atoms with van der Waals surface area (Å²) in [5, 5.41) is 2.62. The molecule has 0 aliphatic carbocycles. The number of sulfone groups is 1. The van der Waals surface area contributed by atoms with Gasteiger partial charge < -0.3 is 14.5 Å². The molecule has 0 aliphatic heterocycles. The van der Waals surface area contributed by atoms with Crippen molar-refractivity contribution < 1.29 is 31.6 Å². The molecule has 0 saturated carbocycles. The molecule has 1 unspecified atom stereocenters. The van der Waals surface area contributed by atoms with Crippen LogP contribution in [0.5, 0.6) is 0 Å². The zero-order chi connectivity index (χ0) is 31.2. The molecule has 1 N–H and O–H groups in total. The highest BCUT2D eigenvalue weighted by molar-refractivity contribution is 7.90. The number of halogens is 1. The second-order valence-corrected chi connectivity index (χ2v) is 18.8. The van der Waals surface area contributed by atoms with E-state index in [2.05, 4.69) is 49.1 Å². The molecule has 226 valence electrons. The Hall–Kier alpha value is -2.96. The molecule has 0 bridgehead atoms. The van der Waals surface area contributed by atoms with Crippen molar-refractivity contribution in [2.24, 2.45) is 0 Å². The summed E-state index contributed by atoms with van der Waals surface area (Å²) in [4.78, 5) is 34.4. The van der Waals surface area contributed by atoms with Crippen molar-refractivity contribution in [2.45, 2.75) is 77.6 Å². The van der Waals surface area contributed by atoms with Crippen molar-refractivity contribution in [2.75, 3.05) is 24.6 Å². The monoisotopic (exact) mass is 607 g/mol. The van der Waals surface area contributed by atoms with Gasteiger partial charge in [-0.2, -0.15) is 0 Å². The summed E-state index contributed by atoms with van der Waals surface area (Å²) in [6.07, 6.45) is 3.37. The van der Waals surface area contributed by atoms with Crippen molar-refractivity contribution >= 4 is 41.9 Å². The van der Waals surface area contributed by atoms with Crippen LogP contribution < -0.4 is 5.32 Å². The molecule has 9 nitrogen and oxygen atoms in total. The lowest BCUT2D eigenvalue weighted by molar-refractivity contribution is -0.142. The number of ketones is 1. The number of nitrogens with one attached hydrogen (secondary N) is 1. The van der Waals surface area contributed by atoms with Crippen LogP contribution in [-0.4, -0.2) is 63.8 Å². The maximum atomic E-state index is 13.7. The highest BCUT2D eigenvalue weighted by Crippen LogP contribution is 2.38. The van der Waals surface area contributed by atoms with Gasteiger partial charge in [-0.1, -0.05) is 34.6 Å². The fraction of sp³-hybridized carbons (Fsp3) is 0.517. The minimum atomic E-state index is -3.36. The number of methoxy groups -OCH3 is 1. The molecule has 41 heavy (non-hydrogen) atoms. The van der Waals surface area contributed by atoms with Crippen LogP contribution in [0, 0.1) is 5.82 Å². The Morgan fingerprint density at radius 2 is 1.71 bits per heavy atom. The first-order valence-electron chi connectivity index (χ1n) is 13.4. The van der Waals surface area contributed by atoms with Crippen LogP contribution in [0.25, 0.3) is 17.3 Å². The summed E-state index contributed by atoms with van der Waals surface area (Å²) in [6, 6.07) is 5.70. The molecule has 1 atom stereocenters. The molecule has 0 amide bonds. The van der Waals surface area contributed by atoms with Gasteiger partial charge in [-0.15, -0.1) is 0 Å². The highest BCUT2D eigenvalue weighted by Gasteiger charge is 2.40. The lowest BCUT2D eigenvalue weighted by Crippen LogP contribution is -2.44. The van der Waals surface area contributed by atoms with Crippen molar-refractivity contribution in [1.82, 2.24) is 9.97 Å². The van der Waals surface area contributed by atoms with Gasteiger partial charge in [0.05, 0.1) is 31.0 Å². The summed E-state index contributed by atoms with van der Waals surface area (Å²) >= 11 is 0. The van der Waals surface area contributed by atoms with Crippen molar-refractivity contribution in [3.8, 4) is 11.3 Å². The van der Waals surface area contributed by atoms with E-state index in [1.807, 2.05) is 13.8 Å². The van der Waals surface area contributed by atoms with Gasteiger partial charge in [0.15, 0.2) is 23.9 Å². The number of carbonyl (C=O) groups is 2. The Balaban J connectivity index is 2.52. The zero-order valence-corrected chi connectivity index (χ0v) is 27.2. The van der Waals surface area contributed by atoms with Crippen molar-refractivity contribution in [3.63, 3.8) is 0 Å². The molecular formula is C29H42FN3O6SSi. The molecule has 2 aromatic rings. The maximum Gasteiger partial charge on any atom is 0.308 e. The third-order valence-electron chi connectivity index (χ3n) is 6.89. The van der Waals surface area contributed by atoms with Gasteiger partial charge in [0.2, 0.25) is 5.95 Å². The van der Waals surface area contributed by atoms with Gasteiger partial charge in [0.25, 0.3) is 0 Å². The van der Waals surface area contributed by atoms with Crippen LogP contribution in [0.4, 0.5) is 10.3 Å². The number of rotatable bonds is 13. The molecule has 0 aliphatic rings. The molecule has 0 radical (unpaired) electrons. The normalized spacial score (nSPS) is 13.4. The van der Waals surface area contributed by atoms with E-state index in [9.17, 15) is 22.4 Å². The minimum Gasteiger partial charge on any atom is -0.469 e. The number of carbonyl (C=O) groups excluding carboxylic acids is 2. The molecule has 0 spiro atoms. The SMILES string of the molecule is COC(=O)CC(CC(=O)C=Cc1c(-c2ccc(F)cc2)nc(NCS(C)(=O)=O)nc1C(C)C)O[Si](C)(C)C(C)(C)C. The number of hydrogen-bond donors (Lipinski definition) is 1. The number of nitrogens with zero attached hydrogens (tertiary/aromatic N) is 2. The van der Waals surface area contributed by atoms with Gasteiger partial charge in [0, 0.05) is 23.8 Å². The molecule has 2 rings (SSSR count).